The molecule has 0 radical (unpaired) electrons. The van der Waals surface area contributed by atoms with Gasteiger partial charge in [-0.1, -0.05) is 76.2 Å². The van der Waals surface area contributed by atoms with Crippen LogP contribution in [0.25, 0.3) is 16.6 Å². The van der Waals surface area contributed by atoms with Gasteiger partial charge in [0.15, 0.2) is 5.16 Å². The van der Waals surface area contributed by atoms with E-state index in [1.165, 1.54) is 16.3 Å². The Hall–Kier alpha value is -3.23. The highest BCUT2D eigenvalue weighted by Gasteiger charge is 2.14. The highest BCUT2D eigenvalue weighted by molar-refractivity contribution is 9.10. The van der Waals surface area contributed by atoms with Crippen LogP contribution in [0.5, 0.6) is 0 Å². The molecule has 0 saturated heterocycles. The normalized spacial score (nSPS) is 11.1. The zero-order valence-electron chi connectivity index (χ0n) is 16.2. The smallest absolute Gasteiger partial charge is 0.266 e. The molecule has 0 bridgehead atoms. The first-order valence-corrected chi connectivity index (χ1v) is 11.2. The number of hydrogen-bond donors (Lipinski definition) is 1. The fourth-order valence-electron chi connectivity index (χ4n) is 2.93. The molecule has 31 heavy (non-hydrogen) atoms. The average molecular weight is 493 g/mol. The molecule has 6 nitrogen and oxygen atoms in total. The predicted octanol–water partition coefficient (Wildman–Crippen LogP) is 4.39. The number of carbonyl (C=O) groups is 1. The Kier molecular flexibility index (Phi) is 6.59. The summed E-state index contributed by atoms with van der Waals surface area (Å²) in [5.74, 6) is -0.236. The van der Waals surface area contributed by atoms with Crippen LogP contribution in [-0.4, -0.2) is 27.4 Å². The molecule has 1 N–H and O–H groups in total. The number of halogens is 1. The number of nitrogens with zero attached hydrogens (tertiary/aromatic N) is 3. The SMILES string of the molecule is O=C(CSc1nc2ccccc2c(=O)n1-c1ccccc1)N/N=C\c1ccccc1Br. The molecule has 4 aromatic rings. The van der Waals surface area contributed by atoms with E-state index in [0.717, 1.165) is 10.0 Å². The lowest BCUT2D eigenvalue weighted by Crippen LogP contribution is -2.24. The Morgan fingerprint density at radius 2 is 1.74 bits per heavy atom. The first-order chi connectivity index (χ1) is 15.1. The number of amides is 1. The van der Waals surface area contributed by atoms with Gasteiger partial charge in [0.1, 0.15) is 0 Å². The van der Waals surface area contributed by atoms with E-state index >= 15 is 0 Å². The van der Waals surface area contributed by atoms with Crippen molar-refractivity contribution in [3.8, 4) is 5.69 Å². The van der Waals surface area contributed by atoms with Crippen molar-refractivity contribution in [2.24, 2.45) is 5.10 Å². The third-order valence-corrected chi connectivity index (χ3v) is 6.05. The molecule has 1 aromatic heterocycles. The lowest BCUT2D eigenvalue weighted by Gasteiger charge is -2.12. The van der Waals surface area contributed by atoms with Crippen LogP contribution >= 0.6 is 27.7 Å². The minimum Gasteiger partial charge on any atom is -0.272 e. The van der Waals surface area contributed by atoms with Crippen molar-refractivity contribution in [2.75, 3.05) is 5.75 Å². The van der Waals surface area contributed by atoms with Crippen LogP contribution in [0.4, 0.5) is 0 Å². The second-order valence-corrected chi connectivity index (χ2v) is 8.29. The van der Waals surface area contributed by atoms with Crippen LogP contribution in [0.3, 0.4) is 0 Å². The maximum Gasteiger partial charge on any atom is 0.266 e. The topological polar surface area (TPSA) is 76.3 Å². The van der Waals surface area contributed by atoms with Crippen molar-refractivity contribution < 1.29 is 4.79 Å². The van der Waals surface area contributed by atoms with Gasteiger partial charge in [0.25, 0.3) is 11.5 Å². The standard InChI is InChI=1S/C23H17BrN4O2S/c24-19-12-6-4-8-16(19)14-25-27-21(29)15-31-23-26-20-13-7-5-11-18(20)22(30)28(23)17-9-2-1-3-10-17/h1-14H,15H2,(H,27,29)/b25-14-. The van der Waals surface area contributed by atoms with Gasteiger partial charge in [0, 0.05) is 10.0 Å². The molecule has 1 amide bonds. The summed E-state index contributed by atoms with van der Waals surface area (Å²) >= 11 is 4.62. The number of thioether (sulfide) groups is 1. The maximum absolute atomic E-state index is 13.1. The van der Waals surface area contributed by atoms with Gasteiger partial charge in [-0.25, -0.2) is 10.4 Å². The second-order valence-electron chi connectivity index (χ2n) is 6.49. The Balaban J connectivity index is 1.56. The van der Waals surface area contributed by atoms with E-state index in [9.17, 15) is 9.59 Å². The molecule has 3 aromatic carbocycles. The molecule has 8 heteroatoms. The number of hydrogen-bond acceptors (Lipinski definition) is 5. The van der Waals surface area contributed by atoms with Crippen LogP contribution < -0.4 is 11.0 Å². The molecule has 0 fully saturated rings. The molecule has 0 aliphatic rings. The first-order valence-electron chi connectivity index (χ1n) is 9.40. The van der Waals surface area contributed by atoms with Crippen molar-refractivity contribution >= 4 is 50.7 Å². The van der Waals surface area contributed by atoms with E-state index in [4.69, 9.17) is 0 Å². The summed E-state index contributed by atoms with van der Waals surface area (Å²) in [7, 11) is 0. The van der Waals surface area contributed by atoms with Crippen LogP contribution in [0.1, 0.15) is 5.56 Å². The molecular formula is C23H17BrN4O2S. The average Bonchev–Trinajstić information content (AvgIpc) is 2.80. The molecular weight excluding hydrogens is 476 g/mol. The van der Waals surface area contributed by atoms with Crippen molar-refractivity contribution in [2.45, 2.75) is 5.16 Å². The van der Waals surface area contributed by atoms with Gasteiger partial charge in [-0.05, 0) is 30.3 Å². The Labute approximate surface area is 191 Å². The molecule has 0 aliphatic heterocycles. The summed E-state index contributed by atoms with van der Waals surface area (Å²) < 4.78 is 2.42. The van der Waals surface area contributed by atoms with Gasteiger partial charge in [0.05, 0.1) is 28.6 Å². The van der Waals surface area contributed by atoms with Crippen LogP contribution in [0.2, 0.25) is 0 Å². The number of fused-ring (bicyclic) bond motifs is 1. The molecule has 1 heterocycles. The fourth-order valence-corrected chi connectivity index (χ4v) is 4.12. The van der Waals surface area contributed by atoms with Gasteiger partial charge in [0.2, 0.25) is 0 Å². The van der Waals surface area contributed by atoms with E-state index in [-0.39, 0.29) is 17.2 Å². The molecule has 0 atom stereocenters. The van der Waals surface area contributed by atoms with E-state index < -0.39 is 0 Å². The molecule has 0 unspecified atom stereocenters. The summed E-state index contributed by atoms with van der Waals surface area (Å²) in [6.07, 6.45) is 1.57. The zero-order valence-corrected chi connectivity index (χ0v) is 18.6. The largest absolute Gasteiger partial charge is 0.272 e. The van der Waals surface area contributed by atoms with E-state index in [0.29, 0.717) is 21.7 Å². The second kappa shape index (κ2) is 9.72. The lowest BCUT2D eigenvalue weighted by molar-refractivity contribution is -0.118. The quantitative estimate of drug-likeness (QED) is 0.187. The van der Waals surface area contributed by atoms with E-state index in [2.05, 4.69) is 31.4 Å². The van der Waals surface area contributed by atoms with Crippen LogP contribution in [0.15, 0.2) is 98.4 Å². The van der Waals surface area contributed by atoms with Gasteiger partial charge >= 0.3 is 0 Å². The first kappa shape index (κ1) is 21.0. The number of para-hydroxylation sites is 2. The summed E-state index contributed by atoms with van der Waals surface area (Å²) in [5, 5.41) is 4.98. The molecule has 0 saturated carbocycles. The number of nitrogens with one attached hydrogen (secondary N) is 1. The van der Waals surface area contributed by atoms with Crippen molar-refractivity contribution in [3.05, 3.63) is 99.3 Å². The Morgan fingerprint density at radius 3 is 2.55 bits per heavy atom. The monoisotopic (exact) mass is 492 g/mol. The fraction of sp³-hybridized carbons (Fsp3) is 0.0435. The minimum atomic E-state index is -0.296. The molecule has 0 spiro atoms. The number of rotatable bonds is 6. The Morgan fingerprint density at radius 1 is 1.03 bits per heavy atom. The van der Waals surface area contributed by atoms with Gasteiger partial charge < -0.3 is 0 Å². The summed E-state index contributed by atoms with van der Waals surface area (Å²) in [6, 6.07) is 24.0. The van der Waals surface area contributed by atoms with Gasteiger partial charge in [-0.15, -0.1) is 0 Å². The molecule has 4 rings (SSSR count). The highest BCUT2D eigenvalue weighted by atomic mass is 79.9. The predicted molar refractivity (Wildman–Crippen MR) is 128 cm³/mol. The van der Waals surface area contributed by atoms with Crippen LogP contribution in [0, 0.1) is 0 Å². The van der Waals surface area contributed by atoms with Crippen LogP contribution in [-0.2, 0) is 4.79 Å². The third-order valence-electron chi connectivity index (χ3n) is 4.39. The highest BCUT2D eigenvalue weighted by Crippen LogP contribution is 2.21. The van der Waals surface area contributed by atoms with E-state index in [1.807, 2.05) is 66.7 Å². The third kappa shape index (κ3) is 4.92. The van der Waals surface area contributed by atoms with Gasteiger partial charge in [-0.2, -0.15) is 5.10 Å². The number of aromatic nitrogens is 2. The van der Waals surface area contributed by atoms with E-state index in [1.54, 1.807) is 18.3 Å². The number of carbonyl (C=O) groups excluding carboxylic acids is 1. The maximum atomic E-state index is 13.1. The van der Waals surface area contributed by atoms with Crippen molar-refractivity contribution in [1.29, 1.82) is 0 Å². The Bertz CT molecular complexity index is 1320. The summed E-state index contributed by atoms with van der Waals surface area (Å²) in [4.78, 5) is 30.1. The van der Waals surface area contributed by atoms with Gasteiger partial charge in [-0.3, -0.25) is 14.2 Å². The molecule has 154 valence electrons. The number of benzene rings is 3. The zero-order chi connectivity index (χ0) is 21.6. The summed E-state index contributed by atoms with van der Waals surface area (Å²) in [5.41, 5.74) is 4.48. The number of hydrazone groups is 1. The van der Waals surface area contributed by atoms with Crippen molar-refractivity contribution in [3.63, 3.8) is 0 Å². The lowest BCUT2D eigenvalue weighted by atomic mass is 10.2. The van der Waals surface area contributed by atoms with Crippen molar-refractivity contribution in [1.82, 2.24) is 15.0 Å². The molecule has 0 aliphatic carbocycles. The minimum absolute atomic E-state index is 0.0604. The summed E-state index contributed by atoms with van der Waals surface area (Å²) in [6.45, 7) is 0.